The van der Waals surface area contributed by atoms with Crippen molar-refractivity contribution < 1.29 is 0 Å². The van der Waals surface area contributed by atoms with Crippen LogP contribution in [0.15, 0.2) is 15.9 Å². The van der Waals surface area contributed by atoms with Gasteiger partial charge in [0.15, 0.2) is 0 Å². The number of halogens is 1. The molecule has 1 saturated heterocycles. The average molecular weight is 307 g/mol. The zero-order chi connectivity index (χ0) is 10.7. The molecule has 0 aliphatic carbocycles. The molecule has 0 spiro atoms. The van der Waals surface area contributed by atoms with Crippen LogP contribution < -0.4 is 11.3 Å². The summed E-state index contributed by atoms with van der Waals surface area (Å²) in [6.07, 6.45) is 3.66. The fourth-order valence-corrected chi connectivity index (χ4v) is 4.84. The Balaban J connectivity index is 1.98. The minimum Gasteiger partial charge on any atom is -0.271 e. The second kappa shape index (κ2) is 5.68. The maximum atomic E-state index is 5.65. The first-order valence-corrected chi connectivity index (χ1v) is 7.83. The molecular formula is C10H15BrN2S2. The molecule has 0 aromatic carbocycles. The molecule has 2 nitrogen and oxygen atoms in total. The molecule has 2 heterocycles. The van der Waals surface area contributed by atoms with E-state index in [1.807, 2.05) is 11.8 Å². The molecule has 1 fully saturated rings. The lowest BCUT2D eigenvalue weighted by Gasteiger charge is -2.21. The van der Waals surface area contributed by atoms with Gasteiger partial charge in [-0.05, 0) is 46.0 Å². The van der Waals surface area contributed by atoms with Crippen LogP contribution in [0, 0.1) is 0 Å². The van der Waals surface area contributed by atoms with Crippen LogP contribution in [-0.2, 0) is 6.42 Å². The van der Waals surface area contributed by atoms with E-state index in [-0.39, 0.29) is 0 Å². The number of hydrogen-bond donors (Lipinski definition) is 2. The van der Waals surface area contributed by atoms with E-state index in [2.05, 4.69) is 32.8 Å². The molecule has 0 radical (unpaired) electrons. The van der Waals surface area contributed by atoms with Gasteiger partial charge in [-0.15, -0.1) is 11.3 Å². The van der Waals surface area contributed by atoms with Crippen LogP contribution in [0.3, 0.4) is 0 Å². The quantitative estimate of drug-likeness (QED) is 0.663. The molecule has 1 aliphatic heterocycles. The van der Waals surface area contributed by atoms with Crippen LogP contribution in [0.5, 0.6) is 0 Å². The van der Waals surface area contributed by atoms with Crippen molar-refractivity contribution >= 4 is 39.0 Å². The van der Waals surface area contributed by atoms with E-state index >= 15 is 0 Å². The maximum Gasteiger partial charge on any atom is 0.0377 e. The second-order valence-electron chi connectivity index (χ2n) is 3.72. The molecule has 0 amide bonds. The molecule has 2 unspecified atom stereocenters. The number of nitrogens with two attached hydrogens (primary N) is 1. The van der Waals surface area contributed by atoms with Gasteiger partial charge in [0, 0.05) is 27.1 Å². The van der Waals surface area contributed by atoms with E-state index in [4.69, 9.17) is 5.84 Å². The summed E-state index contributed by atoms with van der Waals surface area (Å²) in [6.45, 7) is 0. The van der Waals surface area contributed by atoms with Crippen molar-refractivity contribution in [2.75, 3.05) is 5.75 Å². The van der Waals surface area contributed by atoms with Gasteiger partial charge in [-0.2, -0.15) is 11.8 Å². The smallest absolute Gasteiger partial charge is 0.0377 e. The van der Waals surface area contributed by atoms with Crippen LogP contribution in [0.4, 0.5) is 0 Å². The van der Waals surface area contributed by atoms with Gasteiger partial charge in [-0.1, -0.05) is 0 Å². The van der Waals surface area contributed by atoms with Crippen molar-refractivity contribution in [1.82, 2.24) is 5.43 Å². The molecule has 2 atom stereocenters. The van der Waals surface area contributed by atoms with Crippen molar-refractivity contribution in [3.63, 3.8) is 0 Å². The summed E-state index contributed by atoms with van der Waals surface area (Å²) in [5, 5.41) is 2.80. The van der Waals surface area contributed by atoms with E-state index in [1.54, 1.807) is 11.3 Å². The number of thioether (sulfide) groups is 1. The van der Waals surface area contributed by atoms with E-state index in [9.17, 15) is 0 Å². The Morgan fingerprint density at radius 2 is 2.53 bits per heavy atom. The molecule has 3 N–H and O–H groups in total. The largest absolute Gasteiger partial charge is 0.271 e. The lowest BCUT2D eigenvalue weighted by molar-refractivity contribution is 0.498. The number of thiophene rings is 1. The van der Waals surface area contributed by atoms with E-state index in [1.165, 1.54) is 27.9 Å². The number of rotatable bonds is 4. The Bertz CT molecular complexity index is 310. The minimum absolute atomic E-state index is 0.410. The van der Waals surface area contributed by atoms with Gasteiger partial charge in [0.1, 0.15) is 0 Å². The van der Waals surface area contributed by atoms with Crippen molar-refractivity contribution in [3.8, 4) is 0 Å². The van der Waals surface area contributed by atoms with E-state index in [0.29, 0.717) is 11.3 Å². The predicted molar refractivity (Wildman–Crippen MR) is 72.3 cm³/mol. The zero-order valence-corrected chi connectivity index (χ0v) is 11.6. The predicted octanol–water partition coefficient (Wildman–Crippen LogP) is 2.78. The SMILES string of the molecule is NNC(Cc1sccc1Br)C1CCCS1. The molecule has 5 heteroatoms. The van der Waals surface area contributed by atoms with Crippen LogP contribution >= 0.6 is 39.0 Å². The Labute approximate surface area is 107 Å². The summed E-state index contributed by atoms with van der Waals surface area (Å²) in [5.74, 6) is 6.93. The Hall–Kier alpha value is 0.450. The van der Waals surface area contributed by atoms with E-state index < -0.39 is 0 Å². The molecule has 84 valence electrons. The summed E-state index contributed by atoms with van der Waals surface area (Å²) in [7, 11) is 0. The van der Waals surface area contributed by atoms with Gasteiger partial charge in [-0.25, -0.2) is 0 Å². The monoisotopic (exact) mass is 306 g/mol. The molecule has 1 aromatic heterocycles. The molecule has 1 aromatic rings. The zero-order valence-electron chi connectivity index (χ0n) is 8.41. The van der Waals surface area contributed by atoms with Crippen LogP contribution in [0.25, 0.3) is 0 Å². The van der Waals surface area contributed by atoms with Gasteiger partial charge >= 0.3 is 0 Å². The lowest BCUT2D eigenvalue weighted by Crippen LogP contribution is -2.43. The normalized spacial score (nSPS) is 23.2. The summed E-state index contributed by atoms with van der Waals surface area (Å²) in [6, 6.07) is 2.52. The van der Waals surface area contributed by atoms with Crippen LogP contribution in [0.1, 0.15) is 17.7 Å². The summed E-state index contributed by atoms with van der Waals surface area (Å²) in [5.41, 5.74) is 2.97. The first kappa shape index (κ1) is 11.9. The van der Waals surface area contributed by atoms with Gasteiger partial charge in [-0.3, -0.25) is 11.3 Å². The topological polar surface area (TPSA) is 38.0 Å². The summed E-state index contributed by atoms with van der Waals surface area (Å²) < 4.78 is 1.22. The van der Waals surface area contributed by atoms with Crippen molar-refractivity contribution in [1.29, 1.82) is 0 Å². The highest BCUT2D eigenvalue weighted by molar-refractivity contribution is 9.10. The third-order valence-electron chi connectivity index (χ3n) is 2.72. The summed E-state index contributed by atoms with van der Waals surface area (Å²) in [4.78, 5) is 1.39. The Morgan fingerprint density at radius 3 is 3.07 bits per heavy atom. The fraction of sp³-hybridized carbons (Fsp3) is 0.600. The third kappa shape index (κ3) is 2.97. The second-order valence-corrected chi connectivity index (χ2v) is 6.92. The molecular weight excluding hydrogens is 292 g/mol. The first-order valence-electron chi connectivity index (χ1n) is 5.11. The van der Waals surface area contributed by atoms with Gasteiger partial charge in [0.05, 0.1) is 0 Å². The highest BCUT2D eigenvalue weighted by atomic mass is 79.9. The fourth-order valence-electron chi connectivity index (χ4n) is 1.89. The highest BCUT2D eigenvalue weighted by Crippen LogP contribution is 2.32. The Kier molecular flexibility index (Phi) is 4.52. The third-order valence-corrected chi connectivity index (χ3v) is 6.19. The van der Waals surface area contributed by atoms with Crippen molar-refractivity contribution in [2.24, 2.45) is 5.84 Å². The minimum atomic E-state index is 0.410. The molecule has 15 heavy (non-hydrogen) atoms. The van der Waals surface area contributed by atoms with Gasteiger partial charge in [0.25, 0.3) is 0 Å². The molecule has 0 saturated carbocycles. The highest BCUT2D eigenvalue weighted by Gasteiger charge is 2.25. The lowest BCUT2D eigenvalue weighted by atomic mass is 10.1. The maximum absolute atomic E-state index is 5.65. The number of hydrogen-bond acceptors (Lipinski definition) is 4. The summed E-state index contributed by atoms with van der Waals surface area (Å²) >= 11 is 7.42. The standard InChI is InChI=1S/C10H15BrN2S2/c11-7-3-5-15-10(7)6-8(13-12)9-2-1-4-14-9/h3,5,8-9,13H,1-2,4,6,12H2. The Morgan fingerprint density at radius 1 is 1.67 bits per heavy atom. The molecule has 1 aliphatic rings. The van der Waals surface area contributed by atoms with Gasteiger partial charge in [0.2, 0.25) is 0 Å². The number of nitrogens with one attached hydrogen (secondary N) is 1. The van der Waals surface area contributed by atoms with Crippen molar-refractivity contribution in [2.45, 2.75) is 30.6 Å². The van der Waals surface area contributed by atoms with E-state index in [0.717, 1.165) is 6.42 Å². The van der Waals surface area contributed by atoms with Crippen LogP contribution in [0.2, 0.25) is 0 Å². The molecule has 2 rings (SSSR count). The molecule has 0 bridgehead atoms. The first-order chi connectivity index (χ1) is 7.31. The average Bonchev–Trinajstić information content (AvgIpc) is 2.86. The van der Waals surface area contributed by atoms with Gasteiger partial charge < -0.3 is 0 Å². The van der Waals surface area contributed by atoms with Crippen molar-refractivity contribution in [3.05, 3.63) is 20.8 Å². The number of hydrazine groups is 1. The van der Waals surface area contributed by atoms with Crippen LogP contribution in [-0.4, -0.2) is 17.0 Å².